The van der Waals surface area contributed by atoms with Gasteiger partial charge in [-0.3, -0.25) is 9.59 Å². The third-order valence-electron chi connectivity index (χ3n) is 5.34. The standard InChI is InChI=1S/C21H26N2O5S/c1-12-17(13(2)22-18(12)21(26)27-4)19(24)14(3)23(11-15-7-5-9-28-15)20(25)16-8-6-10-29-16/h6,8,10,14-15,22H,5,7,9,11H2,1-4H3/t14-,15+/m0/s1. The van der Waals surface area contributed by atoms with Crippen molar-refractivity contribution >= 4 is 29.0 Å². The Morgan fingerprint density at radius 3 is 2.72 bits per heavy atom. The normalized spacial score (nSPS) is 17.2. The van der Waals surface area contributed by atoms with Gasteiger partial charge < -0.3 is 19.4 Å². The Bertz CT molecular complexity index is 897. The second-order valence-electron chi connectivity index (χ2n) is 7.23. The van der Waals surface area contributed by atoms with Crippen molar-refractivity contribution in [3.05, 3.63) is 44.9 Å². The van der Waals surface area contributed by atoms with Crippen LogP contribution in [-0.4, -0.2) is 60.0 Å². The first-order chi connectivity index (χ1) is 13.8. The second-order valence-corrected chi connectivity index (χ2v) is 8.17. The molecule has 29 heavy (non-hydrogen) atoms. The molecule has 2 aromatic heterocycles. The van der Waals surface area contributed by atoms with E-state index in [1.54, 1.807) is 31.7 Å². The molecule has 1 fully saturated rings. The predicted octanol–water partition coefficient (Wildman–Crippen LogP) is 3.37. The van der Waals surface area contributed by atoms with Crippen molar-refractivity contribution < 1.29 is 23.9 Å². The van der Waals surface area contributed by atoms with E-state index < -0.39 is 12.0 Å². The highest BCUT2D eigenvalue weighted by Gasteiger charge is 2.34. The quantitative estimate of drug-likeness (QED) is 0.550. The zero-order valence-electron chi connectivity index (χ0n) is 17.1. The number of amides is 1. The average Bonchev–Trinajstić information content (AvgIpc) is 3.46. The molecule has 2 aromatic rings. The molecule has 0 aliphatic carbocycles. The summed E-state index contributed by atoms with van der Waals surface area (Å²) in [6, 6.07) is 2.87. The third-order valence-corrected chi connectivity index (χ3v) is 6.20. The number of carbonyl (C=O) groups excluding carboxylic acids is 3. The molecule has 3 heterocycles. The summed E-state index contributed by atoms with van der Waals surface area (Å²) in [5.74, 6) is -0.923. The Labute approximate surface area is 174 Å². The molecule has 0 radical (unpaired) electrons. The van der Waals surface area contributed by atoms with Gasteiger partial charge in [-0.25, -0.2) is 4.79 Å². The number of methoxy groups -OCH3 is 1. The molecule has 0 aromatic carbocycles. The van der Waals surface area contributed by atoms with Gasteiger partial charge in [0, 0.05) is 24.4 Å². The maximum Gasteiger partial charge on any atom is 0.354 e. The van der Waals surface area contributed by atoms with Crippen LogP contribution in [0.1, 0.15) is 61.5 Å². The van der Waals surface area contributed by atoms with Crippen LogP contribution in [-0.2, 0) is 9.47 Å². The van der Waals surface area contributed by atoms with E-state index in [0.29, 0.717) is 34.8 Å². The zero-order chi connectivity index (χ0) is 21.1. The van der Waals surface area contributed by atoms with Crippen molar-refractivity contribution in [2.24, 2.45) is 0 Å². The fourth-order valence-electron chi connectivity index (χ4n) is 3.74. The minimum absolute atomic E-state index is 0.0757. The van der Waals surface area contributed by atoms with E-state index in [1.165, 1.54) is 18.4 Å². The van der Waals surface area contributed by atoms with E-state index in [1.807, 2.05) is 11.4 Å². The van der Waals surface area contributed by atoms with Gasteiger partial charge in [-0.15, -0.1) is 11.3 Å². The highest BCUT2D eigenvalue weighted by Crippen LogP contribution is 2.25. The maximum absolute atomic E-state index is 13.4. The van der Waals surface area contributed by atoms with Crippen LogP contribution in [0, 0.1) is 13.8 Å². The van der Waals surface area contributed by atoms with Gasteiger partial charge in [0.1, 0.15) is 5.69 Å². The van der Waals surface area contributed by atoms with E-state index >= 15 is 0 Å². The largest absolute Gasteiger partial charge is 0.464 e. The van der Waals surface area contributed by atoms with Gasteiger partial charge in [-0.2, -0.15) is 0 Å². The van der Waals surface area contributed by atoms with Crippen LogP contribution < -0.4 is 0 Å². The summed E-state index contributed by atoms with van der Waals surface area (Å²) in [7, 11) is 1.30. The van der Waals surface area contributed by atoms with Gasteiger partial charge in [0.05, 0.1) is 24.1 Å². The van der Waals surface area contributed by atoms with Crippen LogP contribution in [0.25, 0.3) is 0 Å². The number of hydrogen-bond donors (Lipinski definition) is 1. The van der Waals surface area contributed by atoms with Crippen molar-refractivity contribution in [2.75, 3.05) is 20.3 Å². The number of aromatic nitrogens is 1. The lowest BCUT2D eigenvalue weighted by Crippen LogP contribution is -2.47. The maximum atomic E-state index is 13.4. The molecule has 2 atom stereocenters. The van der Waals surface area contributed by atoms with E-state index in [9.17, 15) is 14.4 Å². The highest BCUT2D eigenvalue weighted by atomic mass is 32.1. The first kappa shape index (κ1) is 21.3. The van der Waals surface area contributed by atoms with Gasteiger partial charge in [-0.05, 0) is 50.6 Å². The summed E-state index contributed by atoms with van der Waals surface area (Å²) in [4.78, 5) is 43.6. The van der Waals surface area contributed by atoms with Crippen LogP contribution in [0.15, 0.2) is 17.5 Å². The Morgan fingerprint density at radius 2 is 2.14 bits per heavy atom. The lowest BCUT2D eigenvalue weighted by Gasteiger charge is -2.30. The number of aryl methyl sites for hydroxylation is 1. The fourth-order valence-corrected chi connectivity index (χ4v) is 4.42. The Morgan fingerprint density at radius 1 is 1.38 bits per heavy atom. The Balaban J connectivity index is 1.91. The molecule has 156 valence electrons. The van der Waals surface area contributed by atoms with Gasteiger partial charge in [0.2, 0.25) is 0 Å². The van der Waals surface area contributed by atoms with Crippen LogP contribution in [0.3, 0.4) is 0 Å². The third kappa shape index (κ3) is 4.28. The van der Waals surface area contributed by atoms with E-state index in [-0.39, 0.29) is 23.5 Å². The van der Waals surface area contributed by atoms with Crippen LogP contribution in [0.2, 0.25) is 0 Å². The number of thiophene rings is 1. The summed E-state index contributed by atoms with van der Waals surface area (Å²) in [6.07, 6.45) is 1.74. The molecule has 0 saturated carbocycles. The highest BCUT2D eigenvalue weighted by molar-refractivity contribution is 7.12. The Hall–Kier alpha value is -2.45. The van der Waals surface area contributed by atoms with E-state index in [2.05, 4.69) is 4.98 Å². The lowest BCUT2D eigenvalue weighted by molar-refractivity contribution is 0.0413. The summed E-state index contributed by atoms with van der Waals surface area (Å²) in [6.45, 7) is 6.21. The number of esters is 1. The Kier molecular flexibility index (Phi) is 6.54. The van der Waals surface area contributed by atoms with Crippen molar-refractivity contribution in [3.8, 4) is 0 Å². The van der Waals surface area contributed by atoms with Crippen molar-refractivity contribution in [1.82, 2.24) is 9.88 Å². The molecule has 1 aliphatic rings. The topological polar surface area (TPSA) is 88.7 Å². The van der Waals surface area contributed by atoms with E-state index in [4.69, 9.17) is 9.47 Å². The van der Waals surface area contributed by atoms with Gasteiger partial charge in [-0.1, -0.05) is 6.07 Å². The number of nitrogens with one attached hydrogen (secondary N) is 1. The molecule has 0 unspecified atom stereocenters. The first-order valence-electron chi connectivity index (χ1n) is 9.62. The van der Waals surface area contributed by atoms with Crippen LogP contribution in [0.5, 0.6) is 0 Å². The number of nitrogens with zero attached hydrogens (tertiary/aromatic N) is 1. The molecule has 1 aliphatic heterocycles. The fraction of sp³-hybridized carbons (Fsp3) is 0.476. The molecule has 0 bridgehead atoms. The average molecular weight is 419 g/mol. The molecule has 3 rings (SSSR count). The number of H-pyrrole nitrogens is 1. The second kappa shape index (κ2) is 8.92. The molecule has 7 nitrogen and oxygen atoms in total. The smallest absolute Gasteiger partial charge is 0.354 e. The number of ether oxygens (including phenoxy) is 2. The monoisotopic (exact) mass is 418 g/mol. The summed E-state index contributed by atoms with van der Waals surface area (Å²) < 4.78 is 10.5. The molecule has 8 heteroatoms. The number of Topliss-reactive ketones (excluding diaryl/α,β-unsaturated/α-hetero) is 1. The first-order valence-corrected chi connectivity index (χ1v) is 10.5. The zero-order valence-corrected chi connectivity index (χ0v) is 17.9. The number of rotatable bonds is 7. The molecular formula is C21H26N2O5S. The molecular weight excluding hydrogens is 392 g/mol. The minimum atomic E-state index is -0.701. The number of aromatic amines is 1. The SMILES string of the molecule is COC(=O)c1[nH]c(C)c(C(=O)[C@H](C)N(C[C@H]2CCCO2)C(=O)c2cccs2)c1C. The van der Waals surface area contributed by atoms with Crippen LogP contribution in [0.4, 0.5) is 0 Å². The van der Waals surface area contributed by atoms with E-state index in [0.717, 1.165) is 12.8 Å². The number of ketones is 1. The summed E-state index contributed by atoms with van der Waals surface area (Å²) >= 11 is 1.35. The minimum Gasteiger partial charge on any atom is -0.464 e. The number of hydrogen-bond acceptors (Lipinski definition) is 6. The summed E-state index contributed by atoms with van der Waals surface area (Å²) in [5, 5.41) is 1.84. The van der Waals surface area contributed by atoms with Gasteiger partial charge in [0.25, 0.3) is 5.91 Å². The van der Waals surface area contributed by atoms with Gasteiger partial charge in [0.15, 0.2) is 5.78 Å². The molecule has 1 amide bonds. The van der Waals surface area contributed by atoms with Crippen molar-refractivity contribution in [2.45, 2.75) is 45.8 Å². The number of carbonyl (C=O) groups is 3. The lowest BCUT2D eigenvalue weighted by atomic mass is 9.99. The predicted molar refractivity (Wildman–Crippen MR) is 110 cm³/mol. The molecule has 1 saturated heterocycles. The van der Waals surface area contributed by atoms with Crippen molar-refractivity contribution in [1.29, 1.82) is 0 Å². The molecule has 0 spiro atoms. The van der Waals surface area contributed by atoms with Crippen molar-refractivity contribution in [3.63, 3.8) is 0 Å². The van der Waals surface area contributed by atoms with Crippen LogP contribution >= 0.6 is 11.3 Å². The van der Waals surface area contributed by atoms with Gasteiger partial charge >= 0.3 is 5.97 Å². The molecule has 1 N–H and O–H groups in total. The summed E-state index contributed by atoms with van der Waals surface area (Å²) in [5.41, 5.74) is 1.80.